The highest BCUT2D eigenvalue weighted by Crippen LogP contribution is 2.26. The lowest BCUT2D eigenvalue weighted by Crippen LogP contribution is -2.42. The number of benzene rings is 1. The first kappa shape index (κ1) is 16.2. The van der Waals surface area contributed by atoms with E-state index in [-0.39, 0.29) is 12.4 Å². The largest absolute Gasteiger partial charge is 0.497 e. The minimum Gasteiger partial charge on any atom is -0.497 e. The molecule has 21 heavy (non-hydrogen) atoms. The molecule has 0 atom stereocenters. The predicted octanol–water partition coefficient (Wildman–Crippen LogP) is 2.65. The number of piperazine rings is 1. The number of ether oxygens (including phenoxy) is 1. The molecule has 0 radical (unpaired) electrons. The molecule has 0 saturated carbocycles. The Bertz CT molecular complexity index is 552. The third-order valence-electron chi connectivity index (χ3n) is 3.48. The summed E-state index contributed by atoms with van der Waals surface area (Å²) in [4.78, 5) is 7.19. The van der Waals surface area contributed by atoms with Gasteiger partial charge in [-0.3, -0.25) is 4.90 Å². The second-order valence-electron chi connectivity index (χ2n) is 4.90. The van der Waals surface area contributed by atoms with Gasteiger partial charge < -0.3 is 10.1 Å². The van der Waals surface area contributed by atoms with Crippen molar-refractivity contribution in [2.75, 3.05) is 33.3 Å². The highest BCUT2D eigenvalue weighted by molar-refractivity contribution is 7.13. The zero-order valence-electron chi connectivity index (χ0n) is 12.0. The van der Waals surface area contributed by atoms with E-state index in [2.05, 4.69) is 27.7 Å². The molecule has 1 aliphatic heterocycles. The van der Waals surface area contributed by atoms with E-state index in [1.807, 2.05) is 12.1 Å². The Hall–Kier alpha value is -1.14. The molecule has 0 spiro atoms. The van der Waals surface area contributed by atoms with Gasteiger partial charge in [0.15, 0.2) is 0 Å². The van der Waals surface area contributed by atoms with Crippen LogP contribution in [-0.2, 0) is 6.54 Å². The molecule has 1 fully saturated rings. The molecule has 0 unspecified atom stereocenters. The lowest BCUT2D eigenvalue weighted by molar-refractivity contribution is 0.231. The molecule has 0 aliphatic carbocycles. The summed E-state index contributed by atoms with van der Waals surface area (Å²) in [6.45, 7) is 5.32. The average molecular weight is 326 g/mol. The number of nitrogens with zero attached hydrogens (tertiary/aromatic N) is 2. The smallest absolute Gasteiger partial charge is 0.123 e. The monoisotopic (exact) mass is 325 g/mol. The summed E-state index contributed by atoms with van der Waals surface area (Å²) in [5, 5.41) is 6.62. The van der Waals surface area contributed by atoms with Crippen molar-refractivity contribution in [3.05, 3.63) is 35.3 Å². The van der Waals surface area contributed by atoms with Gasteiger partial charge in [0.2, 0.25) is 0 Å². The topological polar surface area (TPSA) is 37.4 Å². The second kappa shape index (κ2) is 7.75. The fourth-order valence-electron chi connectivity index (χ4n) is 2.34. The van der Waals surface area contributed by atoms with Crippen molar-refractivity contribution in [1.82, 2.24) is 15.2 Å². The van der Waals surface area contributed by atoms with Crippen molar-refractivity contribution in [3.8, 4) is 16.3 Å². The van der Waals surface area contributed by atoms with Gasteiger partial charge in [0.05, 0.1) is 12.8 Å². The van der Waals surface area contributed by atoms with Crippen molar-refractivity contribution in [3.63, 3.8) is 0 Å². The molecule has 1 N–H and O–H groups in total. The third-order valence-corrected chi connectivity index (χ3v) is 4.42. The highest BCUT2D eigenvalue weighted by atomic mass is 35.5. The molecule has 4 nitrogen and oxygen atoms in total. The van der Waals surface area contributed by atoms with Crippen LogP contribution in [-0.4, -0.2) is 43.2 Å². The van der Waals surface area contributed by atoms with E-state index < -0.39 is 0 Å². The fraction of sp³-hybridized carbons (Fsp3) is 0.400. The summed E-state index contributed by atoms with van der Waals surface area (Å²) in [6, 6.07) is 8.08. The van der Waals surface area contributed by atoms with E-state index in [1.165, 1.54) is 5.69 Å². The Morgan fingerprint density at radius 1 is 1.24 bits per heavy atom. The van der Waals surface area contributed by atoms with Gasteiger partial charge in [-0.15, -0.1) is 23.7 Å². The van der Waals surface area contributed by atoms with Gasteiger partial charge in [0.1, 0.15) is 10.8 Å². The minimum atomic E-state index is 0. The number of hydrogen-bond acceptors (Lipinski definition) is 5. The van der Waals surface area contributed by atoms with E-state index in [0.29, 0.717) is 0 Å². The molecule has 6 heteroatoms. The molecule has 1 saturated heterocycles. The molecule has 0 bridgehead atoms. The molecule has 3 rings (SSSR count). The van der Waals surface area contributed by atoms with Crippen LogP contribution >= 0.6 is 23.7 Å². The van der Waals surface area contributed by atoms with Crippen molar-refractivity contribution in [2.45, 2.75) is 6.54 Å². The van der Waals surface area contributed by atoms with Crippen LogP contribution < -0.4 is 10.1 Å². The van der Waals surface area contributed by atoms with Gasteiger partial charge in [-0.05, 0) is 24.3 Å². The van der Waals surface area contributed by atoms with Gasteiger partial charge in [-0.1, -0.05) is 0 Å². The zero-order chi connectivity index (χ0) is 13.8. The lowest BCUT2D eigenvalue weighted by atomic mass is 10.2. The molecular formula is C15H20ClN3OS. The summed E-state index contributed by atoms with van der Waals surface area (Å²) >= 11 is 1.71. The summed E-state index contributed by atoms with van der Waals surface area (Å²) in [7, 11) is 1.68. The first-order valence-electron chi connectivity index (χ1n) is 6.87. The number of rotatable bonds is 4. The molecule has 114 valence electrons. The summed E-state index contributed by atoms with van der Waals surface area (Å²) < 4.78 is 5.18. The summed E-state index contributed by atoms with van der Waals surface area (Å²) in [6.07, 6.45) is 0. The lowest BCUT2D eigenvalue weighted by Gasteiger charge is -2.26. The predicted molar refractivity (Wildman–Crippen MR) is 89.5 cm³/mol. The maximum atomic E-state index is 5.18. The normalized spacial score (nSPS) is 15.5. The second-order valence-corrected chi connectivity index (χ2v) is 5.76. The number of halogens is 1. The fourth-order valence-corrected chi connectivity index (χ4v) is 3.16. The summed E-state index contributed by atoms with van der Waals surface area (Å²) in [5.41, 5.74) is 2.32. The number of nitrogens with one attached hydrogen (secondary N) is 1. The van der Waals surface area contributed by atoms with Crippen LogP contribution in [0.15, 0.2) is 29.6 Å². The van der Waals surface area contributed by atoms with E-state index in [9.17, 15) is 0 Å². The van der Waals surface area contributed by atoms with Crippen LogP contribution in [0.5, 0.6) is 5.75 Å². The van der Waals surface area contributed by atoms with E-state index in [4.69, 9.17) is 9.72 Å². The molecular weight excluding hydrogens is 306 g/mol. The highest BCUT2D eigenvalue weighted by Gasteiger charge is 2.12. The standard InChI is InChI=1S/C15H19N3OS.ClH/c1-19-14-4-2-12(3-5-14)15-17-13(11-20-15)10-18-8-6-16-7-9-18;/h2-5,11,16H,6-10H2,1H3;1H. The van der Waals surface area contributed by atoms with Crippen LogP contribution in [0.2, 0.25) is 0 Å². The van der Waals surface area contributed by atoms with Gasteiger partial charge in [-0.25, -0.2) is 4.98 Å². The van der Waals surface area contributed by atoms with Gasteiger partial charge in [0, 0.05) is 43.7 Å². The Morgan fingerprint density at radius 2 is 1.95 bits per heavy atom. The maximum absolute atomic E-state index is 5.18. The van der Waals surface area contributed by atoms with E-state index in [0.717, 1.165) is 49.0 Å². The quantitative estimate of drug-likeness (QED) is 0.937. The van der Waals surface area contributed by atoms with Crippen LogP contribution in [0.3, 0.4) is 0 Å². The van der Waals surface area contributed by atoms with Crippen molar-refractivity contribution in [2.24, 2.45) is 0 Å². The number of methoxy groups -OCH3 is 1. The van der Waals surface area contributed by atoms with Crippen LogP contribution in [0.25, 0.3) is 10.6 Å². The van der Waals surface area contributed by atoms with Gasteiger partial charge in [0.25, 0.3) is 0 Å². The van der Waals surface area contributed by atoms with E-state index >= 15 is 0 Å². The SMILES string of the molecule is COc1ccc(-c2nc(CN3CCNCC3)cs2)cc1.Cl. The number of thiazole rings is 1. The zero-order valence-corrected chi connectivity index (χ0v) is 13.7. The van der Waals surface area contributed by atoms with Gasteiger partial charge in [-0.2, -0.15) is 0 Å². The van der Waals surface area contributed by atoms with Crippen molar-refractivity contribution < 1.29 is 4.74 Å². The molecule has 0 amide bonds. The van der Waals surface area contributed by atoms with Crippen LogP contribution in [0.4, 0.5) is 0 Å². The van der Waals surface area contributed by atoms with Crippen LogP contribution in [0, 0.1) is 0 Å². The molecule has 2 heterocycles. The maximum Gasteiger partial charge on any atom is 0.123 e. The third kappa shape index (κ3) is 4.17. The molecule has 1 aromatic heterocycles. The Morgan fingerprint density at radius 3 is 2.62 bits per heavy atom. The summed E-state index contributed by atoms with van der Waals surface area (Å²) in [5.74, 6) is 0.881. The number of aromatic nitrogens is 1. The minimum absolute atomic E-state index is 0. The molecule has 2 aromatic rings. The first-order valence-corrected chi connectivity index (χ1v) is 7.75. The molecule has 1 aromatic carbocycles. The Kier molecular flexibility index (Phi) is 5.99. The van der Waals surface area contributed by atoms with Gasteiger partial charge >= 0.3 is 0 Å². The van der Waals surface area contributed by atoms with Crippen molar-refractivity contribution in [1.29, 1.82) is 0 Å². The average Bonchev–Trinajstić information content (AvgIpc) is 2.97. The molecule has 1 aliphatic rings. The van der Waals surface area contributed by atoms with Crippen molar-refractivity contribution >= 4 is 23.7 Å². The number of hydrogen-bond donors (Lipinski definition) is 1. The first-order chi connectivity index (χ1) is 9.85. The Labute approximate surface area is 135 Å². The Balaban J connectivity index is 0.00000161. The van der Waals surface area contributed by atoms with E-state index in [1.54, 1.807) is 18.4 Å². The van der Waals surface area contributed by atoms with Crippen LogP contribution in [0.1, 0.15) is 5.69 Å².